The average Bonchev–Trinajstić information content (AvgIpc) is 2.94. The Morgan fingerprint density at radius 3 is 2.40 bits per heavy atom. The second-order valence-corrected chi connectivity index (χ2v) is 7.99. The lowest BCUT2D eigenvalue weighted by atomic mass is 9.94. The first-order valence-electron chi connectivity index (χ1n) is 10.0. The molecule has 1 aromatic carbocycles. The minimum atomic E-state index is -4.45. The highest BCUT2D eigenvalue weighted by atomic mass is 19.4. The third-order valence-corrected chi connectivity index (χ3v) is 5.83. The van der Waals surface area contributed by atoms with E-state index in [1.807, 2.05) is 19.2 Å². The van der Waals surface area contributed by atoms with E-state index < -0.39 is 11.7 Å². The lowest BCUT2D eigenvalue weighted by Gasteiger charge is -2.38. The normalized spacial score (nSPS) is 23.5. The van der Waals surface area contributed by atoms with Crippen LogP contribution in [0, 0.1) is 18.8 Å². The maximum absolute atomic E-state index is 13.1. The maximum atomic E-state index is 13.1. The van der Waals surface area contributed by atoms with E-state index in [1.54, 1.807) is 0 Å². The summed E-state index contributed by atoms with van der Waals surface area (Å²) in [5.41, 5.74) is 0.343. The van der Waals surface area contributed by atoms with Crippen molar-refractivity contribution in [3.8, 4) is 11.5 Å². The van der Waals surface area contributed by atoms with Gasteiger partial charge in [-0.2, -0.15) is 13.2 Å². The fourth-order valence-corrected chi connectivity index (χ4v) is 4.36. The summed E-state index contributed by atoms with van der Waals surface area (Å²) in [7, 11) is 1.42. The smallest absolute Gasteiger partial charge is 0.416 e. The number of ether oxygens (including phenoxy) is 3. The van der Waals surface area contributed by atoms with Gasteiger partial charge in [0.1, 0.15) is 11.9 Å². The largest absolute Gasteiger partial charge is 0.486 e. The molecule has 1 aliphatic heterocycles. The van der Waals surface area contributed by atoms with Crippen LogP contribution >= 0.6 is 0 Å². The van der Waals surface area contributed by atoms with Gasteiger partial charge in [-0.1, -0.05) is 6.07 Å². The van der Waals surface area contributed by atoms with Gasteiger partial charge in [0, 0.05) is 38.2 Å². The fourth-order valence-electron chi connectivity index (χ4n) is 4.36. The number of halogens is 3. The number of anilines is 1. The summed E-state index contributed by atoms with van der Waals surface area (Å²) < 4.78 is 55.8. The van der Waals surface area contributed by atoms with Crippen LogP contribution in [0.25, 0.3) is 0 Å². The molecule has 1 aromatic heterocycles. The molecule has 3 atom stereocenters. The molecule has 2 aromatic rings. The molecule has 30 heavy (non-hydrogen) atoms. The second kappa shape index (κ2) is 8.34. The van der Waals surface area contributed by atoms with Crippen LogP contribution in [0.2, 0.25) is 0 Å². The molecular formula is C22H25F3N2O3. The van der Waals surface area contributed by atoms with Crippen LogP contribution in [-0.4, -0.2) is 38.1 Å². The molecule has 5 nitrogen and oxygen atoms in total. The van der Waals surface area contributed by atoms with Crippen molar-refractivity contribution in [2.24, 2.45) is 11.8 Å². The molecule has 0 amide bonds. The summed E-state index contributed by atoms with van der Waals surface area (Å²) >= 11 is 0. The van der Waals surface area contributed by atoms with Crippen molar-refractivity contribution in [2.75, 3.05) is 31.9 Å². The predicted octanol–water partition coefficient (Wildman–Crippen LogP) is 4.69. The highest BCUT2D eigenvalue weighted by molar-refractivity contribution is 5.45. The zero-order valence-electron chi connectivity index (χ0n) is 17.0. The Kier molecular flexibility index (Phi) is 5.77. The minimum absolute atomic E-state index is 0.0497. The first-order valence-corrected chi connectivity index (χ1v) is 10.0. The minimum Gasteiger partial charge on any atom is -0.486 e. The number of hydrogen-bond acceptors (Lipinski definition) is 5. The molecule has 1 saturated heterocycles. The van der Waals surface area contributed by atoms with E-state index in [0.29, 0.717) is 5.75 Å². The van der Waals surface area contributed by atoms with Crippen LogP contribution in [0.15, 0.2) is 36.5 Å². The zero-order valence-corrected chi connectivity index (χ0v) is 17.0. The van der Waals surface area contributed by atoms with E-state index in [0.717, 1.165) is 49.4 Å². The van der Waals surface area contributed by atoms with Crippen LogP contribution in [0.4, 0.5) is 19.0 Å². The summed E-state index contributed by atoms with van der Waals surface area (Å²) in [6.45, 7) is 3.48. The van der Waals surface area contributed by atoms with Gasteiger partial charge in [-0.05, 0) is 49.6 Å². The summed E-state index contributed by atoms with van der Waals surface area (Å²) in [4.78, 5) is 6.81. The Morgan fingerprint density at radius 1 is 1.07 bits per heavy atom. The van der Waals surface area contributed by atoms with Gasteiger partial charge in [0.2, 0.25) is 0 Å². The predicted molar refractivity (Wildman–Crippen MR) is 106 cm³/mol. The van der Waals surface area contributed by atoms with Gasteiger partial charge < -0.3 is 19.1 Å². The van der Waals surface area contributed by atoms with Gasteiger partial charge in [-0.15, -0.1) is 0 Å². The molecule has 4 rings (SSSR count). The molecule has 0 N–H and O–H groups in total. The molecule has 2 aliphatic rings. The molecule has 2 fully saturated rings. The highest BCUT2D eigenvalue weighted by Crippen LogP contribution is 2.43. The van der Waals surface area contributed by atoms with Crippen molar-refractivity contribution in [2.45, 2.75) is 32.0 Å². The molecule has 0 spiro atoms. The Balaban J connectivity index is 1.51. The molecule has 2 heterocycles. The number of hydrogen-bond donors (Lipinski definition) is 0. The van der Waals surface area contributed by atoms with Crippen molar-refractivity contribution in [3.63, 3.8) is 0 Å². The van der Waals surface area contributed by atoms with E-state index in [1.165, 1.54) is 13.2 Å². The van der Waals surface area contributed by atoms with Crippen LogP contribution < -0.4 is 14.4 Å². The molecule has 162 valence electrons. The molecule has 2 bridgehead atoms. The Hall–Kier alpha value is -2.48. The monoisotopic (exact) mass is 422 g/mol. The Bertz CT molecular complexity index is 859. The van der Waals surface area contributed by atoms with Gasteiger partial charge >= 0.3 is 6.18 Å². The topological polar surface area (TPSA) is 43.8 Å². The maximum Gasteiger partial charge on any atom is 0.416 e. The lowest BCUT2D eigenvalue weighted by molar-refractivity contribution is -0.137. The highest BCUT2D eigenvalue weighted by Gasteiger charge is 2.44. The molecule has 0 unspecified atom stereocenters. The summed E-state index contributed by atoms with van der Waals surface area (Å²) in [6.07, 6.45) is -0.608. The van der Waals surface area contributed by atoms with E-state index in [9.17, 15) is 13.2 Å². The zero-order chi connectivity index (χ0) is 21.3. The number of aryl methyl sites for hydroxylation is 1. The first-order chi connectivity index (χ1) is 14.3. The fraction of sp³-hybridized carbons (Fsp3) is 0.500. The van der Waals surface area contributed by atoms with Crippen molar-refractivity contribution >= 4 is 5.82 Å². The first kappa shape index (κ1) is 20.8. The quantitative estimate of drug-likeness (QED) is 0.632. The standard InChI is InChI=1S/C22H25F3N2O3/c1-14-3-8-20(26-10-14)27-11-15-4-5-16(12-27)21(15)30-18-7-6-17(22(23,24)25)9-19(18)29-13-28-2/h3,6-10,15-16,21H,4-5,11-13H2,1-2H3/t15-,16+,21-. The Labute approximate surface area is 173 Å². The molecule has 8 heteroatoms. The van der Waals surface area contributed by atoms with E-state index in [4.69, 9.17) is 14.2 Å². The summed E-state index contributed by atoms with van der Waals surface area (Å²) in [5, 5.41) is 0. The van der Waals surface area contributed by atoms with Crippen LogP contribution in [-0.2, 0) is 10.9 Å². The van der Waals surface area contributed by atoms with Gasteiger partial charge in [0.05, 0.1) is 5.56 Å². The third kappa shape index (κ3) is 4.33. The molecule has 1 saturated carbocycles. The van der Waals surface area contributed by atoms with Crippen LogP contribution in [0.1, 0.15) is 24.0 Å². The third-order valence-electron chi connectivity index (χ3n) is 5.83. The van der Waals surface area contributed by atoms with Crippen molar-refractivity contribution < 1.29 is 27.4 Å². The number of nitrogens with zero attached hydrogens (tertiary/aromatic N) is 2. The van der Waals surface area contributed by atoms with E-state index >= 15 is 0 Å². The van der Waals surface area contributed by atoms with Crippen molar-refractivity contribution in [1.82, 2.24) is 4.98 Å². The van der Waals surface area contributed by atoms with Crippen molar-refractivity contribution in [1.29, 1.82) is 0 Å². The lowest BCUT2D eigenvalue weighted by Crippen LogP contribution is -2.47. The number of pyridine rings is 1. The van der Waals surface area contributed by atoms with Gasteiger partial charge in [0.25, 0.3) is 0 Å². The molecular weight excluding hydrogens is 397 g/mol. The number of piperidine rings is 1. The SMILES string of the molecule is COCOc1cc(C(F)(F)F)ccc1O[C@@H]1[C@@H]2CC[C@H]1CN(c1ccc(C)cn1)C2. The number of fused-ring (bicyclic) bond motifs is 2. The van der Waals surface area contributed by atoms with Crippen LogP contribution in [0.3, 0.4) is 0 Å². The van der Waals surface area contributed by atoms with Gasteiger partial charge in [-0.3, -0.25) is 0 Å². The van der Waals surface area contributed by atoms with E-state index in [-0.39, 0.29) is 30.5 Å². The summed E-state index contributed by atoms with van der Waals surface area (Å²) in [6, 6.07) is 7.43. The van der Waals surface area contributed by atoms with E-state index in [2.05, 4.69) is 16.0 Å². The number of alkyl halides is 3. The number of rotatable bonds is 6. The van der Waals surface area contributed by atoms with Crippen molar-refractivity contribution in [3.05, 3.63) is 47.7 Å². The molecule has 0 radical (unpaired) electrons. The molecule has 1 aliphatic carbocycles. The van der Waals surface area contributed by atoms with Gasteiger partial charge in [-0.25, -0.2) is 4.98 Å². The van der Waals surface area contributed by atoms with Gasteiger partial charge in [0.15, 0.2) is 18.3 Å². The number of methoxy groups -OCH3 is 1. The average molecular weight is 422 g/mol. The second-order valence-electron chi connectivity index (χ2n) is 7.99. The summed E-state index contributed by atoms with van der Waals surface area (Å²) in [5.74, 6) is 1.89. The number of benzene rings is 1. The Morgan fingerprint density at radius 2 is 1.80 bits per heavy atom. The van der Waals surface area contributed by atoms with Crippen LogP contribution in [0.5, 0.6) is 11.5 Å². The number of aromatic nitrogens is 1.